The first kappa shape index (κ1) is 13.0. The quantitative estimate of drug-likeness (QED) is 0.777. The van der Waals surface area contributed by atoms with Crippen LogP contribution in [-0.4, -0.2) is 28.8 Å². The number of carboxylic acids is 1. The van der Waals surface area contributed by atoms with Gasteiger partial charge in [0, 0.05) is 22.8 Å². The van der Waals surface area contributed by atoms with Gasteiger partial charge in [0.2, 0.25) is 0 Å². The van der Waals surface area contributed by atoms with E-state index < -0.39 is 5.97 Å². The molecule has 0 bridgehead atoms. The minimum Gasteiger partial charge on any atom is -0.478 e. The lowest BCUT2D eigenvalue weighted by molar-refractivity contribution is 0.0698. The highest BCUT2D eigenvalue weighted by molar-refractivity contribution is 9.10. The lowest BCUT2D eigenvalue weighted by atomic mass is 10.1. The van der Waals surface area contributed by atoms with Gasteiger partial charge < -0.3 is 15.5 Å². The molecule has 4 nitrogen and oxygen atoms in total. The fraction of sp³-hybridized carbons (Fsp3) is 0.364. The topological polar surface area (TPSA) is 69.6 Å². The number of benzene rings is 1. The van der Waals surface area contributed by atoms with Crippen molar-refractivity contribution in [2.75, 3.05) is 11.9 Å². The van der Waals surface area contributed by atoms with Crippen LogP contribution in [-0.2, 0) is 0 Å². The Morgan fingerprint density at radius 3 is 2.81 bits per heavy atom. The number of carboxylic acid groups (broad SMARTS) is 1. The average molecular weight is 288 g/mol. The molecule has 0 aliphatic carbocycles. The molecule has 16 heavy (non-hydrogen) atoms. The van der Waals surface area contributed by atoms with Crippen LogP contribution in [0.3, 0.4) is 0 Å². The Bertz CT molecular complexity index is 381. The zero-order valence-electron chi connectivity index (χ0n) is 8.90. The number of hydrogen-bond donors (Lipinski definition) is 3. The molecule has 0 aliphatic rings. The molecule has 1 aromatic rings. The Morgan fingerprint density at radius 2 is 2.25 bits per heavy atom. The number of aliphatic hydroxyl groups is 1. The lowest BCUT2D eigenvalue weighted by Crippen LogP contribution is -2.18. The zero-order valence-corrected chi connectivity index (χ0v) is 10.5. The van der Waals surface area contributed by atoms with Crippen LogP contribution in [0.2, 0.25) is 0 Å². The highest BCUT2D eigenvalue weighted by atomic mass is 79.9. The van der Waals surface area contributed by atoms with Gasteiger partial charge in [0.25, 0.3) is 0 Å². The van der Waals surface area contributed by atoms with Crippen molar-refractivity contribution in [3.05, 3.63) is 28.2 Å². The minimum absolute atomic E-state index is 0.0317. The first-order chi connectivity index (χ1) is 7.54. The average Bonchev–Trinajstić information content (AvgIpc) is 2.20. The molecule has 5 heteroatoms. The summed E-state index contributed by atoms with van der Waals surface area (Å²) in [4.78, 5) is 11.0. The van der Waals surface area contributed by atoms with Crippen LogP contribution < -0.4 is 5.32 Å². The van der Waals surface area contributed by atoms with Gasteiger partial charge in [0.15, 0.2) is 0 Å². The standard InChI is InChI=1S/C11H14BrNO3/c1-7(4-5-14)13-10-3-2-8(12)6-9(10)11(15)16/h2-3,6-7,13-14H,4-5H2,1H3,(H,15,16). The maximum absolute atomic E-state index is 11.0. The van der Waals surface area contributed by atoms with Gasteiger partial charge >= 0.3 is 5.97 Å². The number of carbonyl (C=O) groups is 1. The van der Waals surface area contributed by atoms with Crippen LogP contribution in [0.25, 0.3) is 0 Å². The number of aromatic carboxylic acids is 1. The van der Waals surface area contributed by atoms with E-state index in [0.29, 0.717) is 12.1 Å². The van der Waals surface area contributed by atoms with E-state index in [1.54, 1.807) is 18.2 Å². The Balaban J connectivity index is 2.90. The molecule has 0 amide bonds. The van der Waals surface area contributed by atoms with Crippen molar-refractivity contribution in [2.45, 2.75) is 19.4 Å². The third-order valence-corrected chi connectivity index (χ3v) is 2.67. The van der Waals surface area contributed by atoms with Crippen molar-refractivity contribution < 1.29 is 15.0 Å². The SMILES string of the molecule is CC(CCO)Nc1ccc(Br)cc1C(=O)O. The predicted octanol–water partition coefficient (Wildman–Crippen LogP) is 2.33. The van der Waals surface area contributed by atoms with Crippen molar-refractivity contribution in [2.24, 2.45) is 0 Å². The van der Waals surface area contributed by atoms with Gasteiger partial charge in [-0.3, -0.25) is 0 Å². The second-order valence-corrected chi connectivity index (χ2v) is 4.47. The largest absolute Gasteiger partial charge is 0.478 e. The molecule has 0 aromatic heterocycles. The van der Waals surface area contributed by atoms with Gasteiger partial charge in [-0.25, -0.2) is 4.79 Å². The van der Waals surface area contributed by atoms with E-state index in [0.717, 1.165) is 4.47 Å². The second-order valence-electron chi connectivity index (χ2n) is 3.55. The molecule has 0 saturated carbocycles. The molecule has 1 unspecified atom stereocenters. The highest BCUT2D eigenvalue weighted by Gasteiger charge is 2.12. The summed E-state index contributed by atoms with van der Waals surface area (Å²) in [5.41, 5.74) is 0.788. The molecular weight excluding hydrogens is 274 g/mol. The first-order valence-corrected chi connectivity index (χ1v) is 5.74. The third-order valence-electron chi connectivity index (χ3n) is 2.18. The van der Waals surface area contributed by atoms with Crippen molar-refractivity contribution in [1.29, 1.82) is 0 Å². The van der Waals surface area contributed by atoms with Crippen molar-refractivity contribution in [1.82, 2.24) is 0 Å². The van der Waals surface area contributed by atoms with E-state index in [1.165, 1.54) is 0 Å². The Hall–Kier alpha value is -1.07. The maximum atomic E-state index is 11.0. The molecule has 0 fully saturated rings. The highest BCUT2D eigenvalue weighted by Crippen LogP contribution is 2.22. The van der Waals surface area contributed by atoms with E-state index in [9.17, 15) is 4.79 Å². The zero-order chi connectivity index (χ0) is 12.1. The van der Waals surface area contributed by atoms with Crippen LogP contribution in [0.1, 0.15) is 23.7 Å². The summed E-state index contributed by atoms with van der Waals surface area (Å²) in [5.74, 6) is -0.972. The number of anilines is 1. The number of rotatable bonds is 5. The van der Waals surface area contributed by atoms with Crippen molar-refractivity contribution in [3.8, 4) is 0 Å². The van der Waals surface area contributed by atoms with Gasteiger partial charge in [-0.1, -0.05) is 15.9 Å². The van der Waals surface area contributed by atoms with Crippen LogP contribution in [0, 0.1) is 0 Å². The number of aliphatic hydroxyl groups excluding tert-OH is 1. The van der Waals surface area contributed by atoms with Crippen LogP contribution in [0.5, 0.6) is 0 Å². The molecule has 0 heterocycles. The molecule has 0 radical (unpaired) electrons. The summed E-state index contributed by atoms with van der Waals surface area (Å²) < 4.78 is 0.727. The number of hydrogen-bond acceptors (Lipinski definition) is 3. The summed E-state index contributed by atoms with van der Waals surface area (Å²) in [6, 6.07) is 5.07. The Labute approximate surface area is 102 Å². The van der Waals surface area contributed by atoms with E-state index in [1.807, 2.05) is 6.92 Å². The molecule has 1 aromatic carbocycles. The summed E-state index contributed by atoms with van der Waals surface area (Å²) in [6.45, 7) is 1.97. The summed E-state index contributed by atoms with van der Waals surface area (Å²) >= 11 is 3.23. The van der Waals surface area contributed by atoms with Gasteiger partial charge in [-0.05, 0) is 31.5 Å². The Morgan fingerprint density at radius 1 is 1.56 bits per heavy atom. The van der Waals surface area contributed by atoms with Gasteiger partial charge in [0.05, 0.1) is 5.56 Å². The van der Waals surface area contributed by atoms with Gasteiger partial charge in [0.1, 0.15) is 0 Å². The smallest absolute Gasteiger partial charge is 0.337 e. The molecule has 0 spiro atoms. The van der Waals surface area contributed by atoms with Crippen LogP contribution >= 0.6 is 15.9 Å². The van der Waals surface area contributed by atoms with E-state index in [4.69, 9.17) is 10.2 Å². The molecule has 0 aliphatic heterocycles. The van der Waals surface area contributed by atoms with Gasteiger partial charge in [-0.2, -0.15) is 0 Å². The van der Waals surface area contributed by atoms with Crippen LogP contribution in [0.15, 0.2) is 22.7 Å². The first-order valence-electron chi connectivity index (χ1n) is 4.95. The number of halogens is 1. The third kappa shape index (κ3) is 3.50. The normalized spacial score (nSPS) is 12.2. The van der Waals surface area contributed by atoms with E-state index in [-0.39, 0.29) is 18.2 Å². The minimum atomic E-state index is -0.972. The van der Waals surface area contributed by atoms with Crippen molar-refractivity contribution >= 4 is 27.6 Å². The predicted molar refractivity (Wildman–Crippen MR) is 65.9 cm³/mol. The Kier molecular flexibility index (Phi) is 4.76. The van der Waals surface area contributed by atoms with Gasteiger partial charge in [-0.15, -0.1) is 0 Å². The summed E-state index contributed by atoms with van der Waals surface area (Å²) in [6.07, 6.45) is 0.578. The lowest BCUT2D eigenvalue weighted by Gasteiger charge is -2.16. The maximum Gasteiger partial charge on any atom is 0.337 e. The fourth-order valence-electron chi connectivity index (χ4n) is 1.35. The number of nitrogens with one attached hydrogen (secondary N) is 1. The van der Waals surface area contributed by atoms with Crippen molar-refractivity contribution in [3.63, 3.8) is 0 Å². The molecule has 1 rings (SSSR count). The summed E-state index contributed by atoms with van der Waals surface area (Å²) in [7, 11) is 0. The van der Waals surface area contributed by atoms with E-state index in [2.05, 4.69) is 21.2 Å². The van der Waals surface area contributed by atoms with E-state index >= 15 is 0 Å². The fourth-order valence-corrected chi connectivity index (χ4v) is 1.71. The molecule has 3 N–H and O–H groups in total. The summed E-state index contributed by atoms with van der Waals surface area (Å²) in [5, 5.41) is 20.9. The molecular formula is C11H14BrNO3. The molecule has 0 saturated heterocycles. The second kappa shape index (κ2) is 5.86. The molecule has 88 valence electrons. The molecule has 1 atom stereocenters. The van der Waals surface area contributed by atoms with Crippen LogP contribution in [0.4, 0.5) is 5.69 Å². The monoisotopic (exact) mass is 287 g/mol.